The molecular formula is C13H8BrCl3O. The number of alkyl halides is 1. The third-order valence-corrected chi connectivity index (χ3v) is 3.70. The third kappa shape index (κ3) is 3.55. The van der Waals surface area contributed by atoms with Crippen LogP contribution in [0.25, 0.3) is 0 Å². The van der Waals surface area contributed by atoms with Crippen molar-refractivity contribution in [2.45, 2.75) is 5.88 Å². The average molecular weight is 366 g/mol. The van der Waals surface area contributed by atoms with E-state index in [0.717, 1.165) is 10.0 Å². The molecule has 0 radical (unpaired) electrons. The Kier molecular flexibility index (Phi) is 4.79. The summed E-state index contributed by atoms with van der Waals surface area (Å²) in [6.07, 6.45) is 0. The van der Waals surface area contributed by atoms with Gasteiger partial charge in [-0.25, -0.2) is 0 Å². The van der Waals surface area contributed by atoms with Crippen molar-refractivity contribution in [1.82, 2.24) is 0 Å². The largest absolute Gasteiger partial charge is 0.457 e. The van der Waals surface area contributed by atoms with Gasteiger partial charge in [0.2, 0.25) is 0 Å². The van der Waals surface area contributed by atoms with Crippen molar-refractivity contribution < 1.29 is 4.74 Å². The van der Waals surface area contributed by atoms with E-state index in [-0.39, 0.29) is 0 Å². The molecule has 0 aliphatic rings. The first-order valence-electron chi connectivity index (χ1n) is 5.07. The Balaban J connectivity index is 2.25. The highest BCUT2D eigenvalue weighted by atomic mass is 79.9. The number of halogens is 4. The first kappa shape index (κ1) is 14.0. The molecule has 2 aromatic rings. The van der Waals surface area contributed by atoms with Gasteiger partial charge in [-0.3, -0.25) is 0 Å². The Hall–Kier alpha value is -0.410. The molecule has 0 fully saturated rings. The van der Waals surface area contributed by atoms with Gasteiger partial charge >= 0.3 is 0 Å². The van der Waals surface area contributed by atoms with Gasteiger partial charge in [0.05, 0.1) is 0 Å². The van der Waals surface area contributed by atoms with E-state index in [1.54, 1.807) is 18.2 Å². The molecule has 0 unspecified atom stereocenters. The van der Waals surface area contributed by atoms with Crippen LogP contribution in [0, 0.1) is 0 Å². The molecule has 2 aromatic carbocycles. The molecular weight excluding hydrogens is 358 g/mol. The van der Waals surface area contributed by atoms with Gasteiger partial charge in [-0.1, -0.05) is 45.2 Å². The highest BCUT2D eigenvalue weighted by molar-refractivity contribution is 9.10. The highest BCUT2D eigenvalue weighted by Crippen LogP contribution is 2.31. The van der Waals surface area contributed by atoms with E-state index in [1.165, 1.54) is 0 Å². The molecule has 0 bridgehead atoms. The summed E-state index contributed by atoms with van der Waals surface area (Å²) in [6.45, 7) is 0. The van der Waals surface area contributed by atoms with Gasteiger partial charge in [-0.15, -0.1) is 11.6 Å². The summed E-state index contributed by atoms with van der Waals surface area (Å²) in [5.41, 5.74) is 1.01. The molecule has 0 atom stereocenters. The lowest BCUT2D eigenvalue weighted by atomic mass is 10.2. The molecule has 0 saturated heterocycles. The lowest BCUT2D eigenvalue weighted by molar-refractivity contribution is 0.482. The van der Waals surface area contributed by atoms with Crippen molar-refractivity contribution in [2.24, 2.45) is 0 Å². The normalized spacial score (nSPS) is 10.4. The van der Waals surface area contributed by atoms with Gasteiger partial charge in [0.1, 0.15) is 11.5 Å². The maximum atomic E-state index is 5.90. The zero-order valence-electron chi connectivity index (χ0n) is 9.09. The summed E-state index contributed by atoms with van der Waals surface area (Å²) in [5.74, 6) is 1.73. The van der Waals surface area contributed by atoms with Gasteiger partial charge in [0.25, 0.3) is 0 Å². The average Bonchev–Trinajstić information content (AvgIpc) is 2.27. The monoisotopic (exact) mass is 364 g/mol. The second-order valence-electron chi connectivity index (χ2n) is 3.59. The minimum Gasteiger partial charge on any atom is -0.457 e. The molecule has 2 rings (SSSR count). The molecule has 94 valence electrons. The summed E-state index contributed by atoms with van der Waals surface area (Å²) < 4.78 is 6.58. The first-order valence-corrected chi connectivity index (χ1v) is 7.15. The van der Waals surface area contributed by atoms with Gasteiger partial charge < -0.3 is 4.74 Å². The van der Waals surface area contributed by atoms with Crippen molar-refractivity contribution in [2.75, 3.05) is 0 Å². The predicted molar refractivity (Wildman–Crippen MR) is 80.2 cm³/mol. The quantitative estimate of drug-likeness (QED) is 0.580. The van der Waals surface area contributed by atoms with Crippen molar-refractivity contribution in [1.29, 1.82) is 0 Å². The second kappa shape index (κ2) is 6.16. The van der Waals surface area contributed by atoms with Crippen molar-refractivity contribution in [3.63, 3.8) is 0 Å². The van der Waals surface area contributed by atoms with Crippen LogP contribution in [0.1, 0.15) is 5.56 Å². The molecule has 1 nitrogen and oxygen atoms in total. The zero-order valence-corrected chi connectivity index (χ0v) is 12.9. The molecule has 0 aromatic heterocycles. The number of hydrogen-bond donors (Lipinski definition) is 0. The van der Waals surface area contributed by atoms with Gasteiger partial charge in [0.15, 0.2) is 0 Å². The maximum absolute atomic E-state index is 5.90. The van der Waals surface area contributed by atoms with Crippen LogP contribution in [-0.4, -0.2) is 0 Å². The summed E-state index contributed by atoms with van der Waals surface area (Å²) >= 11 is 21.0. The zero-order chi connectivity index (χ0) is 13.1. The van der Waals surface area contributed by atoms with E-state index in [1.807, 2.05) is 18.2 Å². The fourth-order valence-corrected chi connectivity index (χ4v) is 2.82. The van der Waals surface area contributed by atoms with Crippen LogP contribution in [0.3, 0.4) is 0 Å². The van der Waals surface area contributed by atoms with E-state index < -0.39 is 0 Å². The number of benzene rings is 2. The molecule has 0 saturated carbocycles. The smallest absolute Gasteiger partial charge is 0.130 e. The SMILES string of the molecule is ClCc1ccc(Oc2cc(Cl)cc(Cl)c2)cc1Br. The highest BCUT2D eigenvalue weighted by Gasteiger charge is 2.04. The molecule has 0 spiro atoms. The minimum absolute atomic E-state index is 0.448. The third-order valence-electron chi connectivity index (χ3n) is 2.24. The Morgan fingerprint density at radius 2 is 1.61 bits per heavy atom. The van der Waals surface area contributed by atoms with E-state index in [2.05, 4.69) is 15.9 Å². The second-order valence-corrected chi connectivity index (χ2v) is 5.59. The lowest BCUT2D eigenvalue weighted by Gasteiger charge is -2.08. The number of hydrogen-bond acceptors (Lipinski definition) is 1. The van der Waals surface area contributed by atoms with Gasteiger partial charge in [0, 0.05) is 20.4 Å². The van der Waals surface area contributed by atoms with Gasteiger partial charge in [-0.2, -0.15) is 0 Å². The molecule has 0 amide bonds. The van der Waals surface area contributed by atoms with Crippen molar-refractivity contribution >= 4 is 50.7 Å². The van der Waals surface area contributed by atoms with Crippen LogP contribution in [0.5, 0.6) is 11.5 Å². The fraction of sp³-hybridized carbons (Fsp3) is 0.0769. The van der Waals surface area contributed by atoms with E-state index in [0.29, 0.717) is 27.4 Å². The topological polar surface area (TPSA) is 9.23 Å². The van der Waals surface area contributed by atoms with Crippen LogP contribution in [0.15, 0.2) is 40.9 Å². The predicted octanol–water partition coefficient (Wildman–Crippen LogP) is 6.29. The van der Waals surface area contributed by atoms with Crippen LogP contribution in [0.4, 0.5) is 0 Å². The van der Waals surface area contributed by atoms with Gasteiger partial charge in [-0.05, 0) is 35.9 Å². The Morgan fingerprint density at radius 1 is 0.944 bits per heavy atom. The minimum atomic E-state index is 0.448. The van der Waals surface area contributed by atoms with Crippen molar-refractivity contribution in [3.05, 3.63) is 56.5 Å². The van der Waals surface area contributed by atoms with Crippen LogP contribution < -0.4 is 4.74 Å². The van der Waals surface area contributed by atoms with Crippen LogP contribution in [-0.2, 0) is 5.88 Å². The summed E-state index contributed by atoms with van der Waals surface area (Å²) in [5, 5.41) is 1.07. The lowest BCUT2D eigenvalue weighted by Crippen LogP contribution is -1.87. The van der Waals surface area contributed by atoms with Crippen LogP contribution in [0.2, 0.25) is 10.0 Å². The Labute approximate surface area is 129 Å². The molecule has 0 aliphatic carbocycles. The number of rotatable bonds is 3. The first-order chi connectivity index (χ1) is 8.58. The standard InChI is InChI=1S/C13H8BrCl3O/c14-13-6-11(2-1-8(13)7-15)18-12-4-9(16)3-10(17)5-12/h1-6H,7H2. The molecule has 0 aliphatic heterocycles. The summed E-state index contributed by atoms with van der Waals surface area (Å²) in [7, 11) is 0. The summed E-state index contributed by atoms with van der Waals surface area (Å²) in [6, 6.07) is 10.7. The Bertz CT molecular complexity index is 552. The molecule has 0 heterocycles. The van der Waals surface area contributed by atoms with E-state index >= 15 is 0 Å². The van der Waals surface area contributed by atoms with E-state index in [4.69, 9.17) is 39.5 Å². The number of ether oxygens (including phenoxy) is 1. The fourth-order valence-electron chi connectivity index (χ4n) is 1.42. The molecule has 18 heavy (non-hydrogen) atoms. The maximum Gasteiger partial charge on any atom is 0.130 e. The molecule has 0 N–H and O–H groups in total. The molecule has 5 heteroatoms. The van der Waals surface area contributed by atoms with Crippen molar-refractivity contribution in [3.8, 4) is 11.5 Å². The van der Waals surface area contributed by atoms with E-state index in [9.17, 15) is 0 Å². The summed E-state index contributed by atoms with van der Waals surface area (Å²) in [4.78, 5) is 0. The van der Waals surface area contributed by atoms with Crippen LogP contribution >= 0.6 is 50.7 Å². The Morgan fingerprint density at radius 3 is 2.17 bits per heavy atom.